The van der Waals surface area contributed by atoms with E-state index in [2.05, 4.69) is 10.6 Å². The van der Waals surface area contributed by atoms with E-state index in [4.69, 9.17) is 18.9 Å². The summed E-state index contributed by atoms with van der Waals surface area (Å²) < 4.78 is 20.9. The first kappa shape index (κ1) is 15.8. The van der Waals surface area contributed by atoms with Gasteiger partial charge in [0.2, 0.25) is 12.7 Å². The highest BCUT2D eigenvalue weighted by molar-refractivity contribution is 5.95. The van der Waals surface area contributed by atoms with Gasteiger partial charge in [-0.2, -0.15) is 0 Å². The molecule has 2 aromatic carbocycles. The predicted octanol–water partition coefficient (Wildman–Crippen LogP) is 2.48. The van der Waals surface area contributed by atoms with Gasteiger partial charge in [0.15, 0.2) is 11.5 Å². The van der Waals surface area contributed by atoms with Crippen LogP contribution in [0.4, 0.5) is 11.4 Å². The number of hydrogen-bond donors (Lipinski definition) is 2. The number of nitrogens with one attached hydrogen (secondary N) is 2. The Morgan fingerprint density at radius 3 is 2.71 bits per heavy atom. The van der Waals surface area contributed by atoms with Crippen molar-refractivity contribution in [3.05, 3.63) is 36.4 Å². The second-order valence-corrected chi connectivity index (χ2v) is 5.04. The molecule has 0 saturated carbocycles. The molecule has 0 bridgehead atoms. The van der Waals surface area contributed by atoms with Crippen LogP contribution in [0.5, 0.6) is 23.0 Å². The van der Waals surface area contributed by atoms with Gasteiger partial charge in [-0.1, -0.05) is 0 Å². The summed E-state index contributed by atoms with van der Waals surface area (Å²) in [5.41, 5.74) is 1.35. The van der Waals surface area contributed by atoms with Gasteiger partial charge in [-0.05, 0) is 24.3 Å². The zero-order valence-electron chi connectivity index (χ0n) is 13.4. The van der Waals surface area contributed by atoms with Gasteiger partial charge in [0.1, 0.15) is 11.5 Å². The van der Waals surface area contributed by atoms with Gasteiger partial charge in [-0.3, -0.25) is 4.79 Å². The number of rotatable bonds is 6. The molecule has 7 heteroatoms. The van der Waals surface area contributed by atoms with Crippen LogP contribution in [-0.2, 0) is 4.79 Å². The van der Waals surface area contributed by atoms with Crippen molar-refractivity contribution in [1.82, 2.24) is 0 Å². The van der Waals surface area contributed by atoms with E-state index in [9.17, 15) is 4.79 Å². The second kappa shape index (κ2) is 6.99. The fourth-order valence-electron chi connectivity index (χ4n) is 2.29. The zero-order chi connectivity index (χ0) is 16.9. The molecule has 0 radical (unpaired) electrons. The Labute approximate surface area is 139 Å². The van der Waals surface area contributed by atoms with Crippen molar-refractivity contribution >= 4 is 17.3 Å². The van der Waals surface area contributed by atoms with E-state index in [1.807, 2.05) is 6.07 Å². The Morgan fingerprint density at radius 1 is 1.08 bits per heavy atom. The molecule has 0 saturated heterocycles. The minimum absolute atomic E-state index is 0.106. The highest BCUT2D eigenvalue weighted by Crippen LogP contribution is 2.34. The fraction of sp³-hybridized carbons (Fsp3) is 0.235. The molecule has 3 rings (SSSR count). The third-order valence-corrected chi connectivity index (χ3v) is 3.51. The molecule has 7 nitrogen and oxygen atoms in total. The van der Waals surface area contributed by atoms with Crippen molar-refractivity contribution in [3.63, 3.8) is 0 Å². The smallest absolute Gasteiger partial charge is 0.243 e. The Balaban J connectivity index is 1.60. The lowest BCUT2D eigenvalue weighted by Gasteiger charge is -2.12. The van der Waals surface area contributed by atoms with Crippen LogP contribution in [0.3, 0.4) is 0 Å². The molecule has 24 heavy (non-hydrogen) atoms. The topological polar surface area (TPSA) is 78.1 Å². The summed E-state index contributed by atoms with van der Waals surface area (Å²) in [5.74, 6) is 2.36. The Kier molecular flexibility index (Phi) is 4.60. The summed E-state index contributed by atoms with van der Waals surface area (Å²) in [4.78, 5) is 12.1. The van der Waals surface area contributed by atoms with Crippen molar-refractivity contribution in [2.24, 2.45) is 0 Å². The van der Waals surface area contributed by atoms with Crippen molar-refractivity contribution in [3.8, 4) is 23.0 Å². The first-order chi connectivity index (χ1) is 11.7. The van der Waals surface area contributed by atoms with Crippen LogP contribution in [0.15, 0.2) is 36.4 Å². The maximum Gasteiger partial charge on any atom is 0.243 e. The van der Waals surface area contributed by atoms with E-state index in [0.717, 1.165) is 5.69 Å². The van der Waals surface area contributed by atoms with Gasteiger partial charge >= 0.3 is 0 Å². The fourth-order valence-corrected chi connectivity index (χ4v) is 2.29. The van der Waals surface area contributed by atoms with Crippen LogP contribution in [-0.4, -0.2) is 33.5 Å². The number of amides is 1. The first-order valence-electron chi connectivity index (χ1n) is 7.35. The van der Waals surface area contributed by atoms with Crippen molar-refractivity contribution in [2.75, 3.05) is 38.2 Å². The lowest BCUT2D eigenvalue weighted by atomic mass is 10.2. The molecule has 0 aliphatic carbocycles. The minimum atomic E-state index is -0.198. The highest BCUT2D eigenvalue weighted by atomic mass is 16.7. The predicted molar refractivity (Wildman–Crippen MR) is 89.2 cm³/mol. The molecule has 0 atom stereocenters. The summed E-state index contributed by atoms with van der Waals surface area (Å²) in [7, 11) is 3.11. The van der Waals surface area contributed by atoms with E-state index >= 15 is 0 Å². The number of carbonyl (C=O) groups excluding carboxylic acids is 1. The summed E-state index contributed by atoms with van der Waals surface area (Å²) in [6, 6.07) is 10.6. The average molecular weight is 330 g/mol. The molecule has 2 aromatic rings. The number of methoxy groups -OCH3 is 2. The van der Waals surface area contributed by atoms with Crippen LogP contribution >= 0.6 is 0 Å². The van der Waals surface area contributed by atoms with Crippen LogP contribution in [0.2, 0.25) is 0 Å². The monoisotopic (exact) mass is 330 g/mol. The summed E-state index contributed by atoms with van der Waals surface area (Å²) in [6.45, 7) is 0.325. The van der Waals surface area contributed by atoms with E-state index in [1.165, 1.54) is 7.11 Å². The van der Waals surface area contributed by atoms with Crippen molar-refractivity contribution in [1.29, 1.82) is 0 Å². The Bertz CT molecular complexity index is 748. The SMILES string of the molecule is COc1ccc(NC(=O)CNc2ccc3c(c2)OCO3)c(OC)c1. The third-order valence-electron chi connectivity index (χ3n) is 3.51. The van der Waals surface area contributed by atoms with Gasteiger partial charge in [0.25, 0.3) is 0 Å². The van der Waals surface area contributed by atoms with Crippen LogP contribution < -0.4 is 29.6 Å². The lowest BCUT2D eigenvalue weighted by molar-refractivity contribution is -0.114. The number of carbonyl (C=O) groups is 1. The van der Waals surface area contributed by atoms with Gasteiger partial charge < -0.3 is 29.6 Å². The van der Waals surface area contributed by atoms with Crippen LogP contribution in [0.25, 0.3) is 0 Å². The van der Waals surface area contributed by atoms with Crippen molar-refractivity contribution < 1.29 is 23.7 Å². The number of fused-ring (bicyclic) bond motifs is 1. The Hall–Kier alpha value is -3.09. The first-order valence-corrected chi connectivity index (χ1v) is 7.35. The summed E-state index contributed by atoms with van der Waals surface area (Å²) in [6.07, 6.45) is 0. The maximum atomic E-state index is 12.1. The second-order valence-electron chi connectivity index (χ2n) is 5.04. The van der Waals surface area contributed by atoms with Gasteiger partial charge in [-0.25, -0.2) is 0 Å². The van der Waals surface area contributed by atoms with Gasteiger partial charge in [-0.15, -0.1) is 0 Å². The molecular weight excluding hydrogens is 312 g/mol. The third kappa shape index (κ3) is 3.45. The normalized spacial score (nSPS) is 11.8. The molecule has 126 valence electrons. The van der Waals surface area contributed by atoms with Crippen LogP contribution in [0.1, 0.15) is 0 Å². The molecule has 0 spiro atoms. The van der Waals surface area contributed by atoms with E-state index in [1.54, 1.807) is 37.4 Å². The number of benzene rings is 2. The maximum absolute atomic E-state index is 12.1. The summed E-state index contributed by atoms with van der Waals surface area (Å²) in [5, 5.41) is 5.84. The minimum Gasteiger partial charge on any atom is -0.497 e. The number of ether oxygens (including phenoxy) is 4. The molecule has 2 N–H and O–H groups in total. The van der Waals surface area contributed by atoms with Crippen LogP contribution in [0, 0.1) is 0 Å². The lowest BCUT2D eigenvalue weighted by Crippen LogP contribution is -2.22. The molecule has 0 fully saturated rings. The van der Waals surface area contributed by atoms with Crippen molar-refractivity contribution in [2.45, 2.75) is 0 Å². The highest BCUT2D eigenvalue weighted by Gasteiger charge is 2.14. The van der Waals surface area contributed by atoms with Gasteiger partial charge in [0, 0.05) is 17.8 Å². The molecule has 1 amide bonds. The average Bonchev–Trinajstić information content (AvgIpc) is 3.08. The van der Waals surface area contributed by atoms with E-state index < -0.39 is 0 Å². The molecule has 0 aromatic heterocycles. The molecule has 1 heterocycles. The largest absolute Gasteiger partial charge is 0.497 e. The molecule has 0 unspecified atom stereocenters. The molecule has 1 aliphatic heterocycles. The number of anilines is 2. The molecule has 1 aliphatic rings. The van der Waals surface area contributed by atoms with E-state index in [0.29, 0.717) is 28.7 Å². The number of hydrogen-bond acceptors (Lipinski definition) is 6. The summed E-state index contributed by atoms with van der Waals surface area (Å²) >= 11 is 0. The standard InChI is InChI=1S/C17H18N2O5/c1-21-12-4-5-13(15(8-12)22-2)19-17(20)9-18-11-3-6-14-16(7-11)24-10-23-14/h3-8,18H,9-10H2,1-2H3,(H,19,20). The Morgan fingerprint density at radius 2 is 1.92 bits per heavy atom. The molecular formula is C17H18N2O5. The quantitative estimate of drug-likeness (QED) is 0.847. The van der Waals surface area contributed by atoms with Gasteiger partial charge in [0.05, 0.1) is 26.5 Å². The zero-order valence-corrected chi connectivity index (χ0v) is 13.4. The van der Waals surface area contributed by atoms with E-state index in [-0.39, 0.29) is 19.2 Å².